The molecule has 0 bridgehead atoms. The summed E-state index contributed by atoms with van der Waals surface area (Å²) >= 11 is 0. The molecule has 19 aromatic carbocycles. The van der Waals surface area contributed by atoms with Crippen molar-refractivity contribution in [2.75, 3.05) is 24.5 Å². The molecular weight excluding hydrogens is 1460 g/mol. The van der Waals surface area contributed by atoms with Crippen molar-refractivity contribution in [3.05, 3.63) is 501 Å². The van der Waals surface area contributed by atoms with Gasteiger partial charge in [-0.1, -0.05) is 291 Å². The minimum Gasteiger partial charge on any atom is -0.311 e. The second-order valence-corrected chi connectivity index (χ2v) is 31.2. The number of nitrogens with zero attached hydrogens (tertiary/aromatic N) is 5. The van der Waals surface area contributed by atoms with E-state index in [1.165, 1.54) is 89.0 Å². The van der Waals surface area contributed by atoms with Crippen LogP contribution in [0.1, 0.15) is 22.3 Å². The summed E-state index contributed by atoms with van der Waals surface area (Å²) in [5, 5.41) is 0. The number of anilines is 15. The van der Waals surface area contributed by atoms with Gasteiger partial charge in [0.05, 0.1) is 0 Å². The fourth-order valence-electron chi connectivity index (χ4n) is 17.9. The maximum Gasteiger partial charge on any atom is 0.0464 e. The van der Waals surface area contributed by atoms with Crippen molar-refractivity contribution in [3.8, 4) is 89.0 Å². The molecule has 2 aliphatic carbocycles. The Morgan fingerprint density at radius 3 is 0.694 bits per heavy atom. The molecule has 572 valence electrons. The summed E-state index contributed by atoms with van der Waals surface area (Å²) in [5.74, 6) is 0. The SMILES string of the molecule is c1ccc(-c2ccc(N(c3ccc(-c4ccccc4)cc3)c3ccc(-c4ccc(N(c5ccc6c(c5)Cc5ccccc5-6)c5ccc6c(c5)Cc5cccc(-c7cccc(-c8ccc(N(c9ccc(-c%10ccccc%10)cc9)c9ccc(N(c%10ccccc%10)c%10ccc(N(c%11ccccc%11)c%11ccccc%11)cc%10)cc9)cc8)c7)c5-6)cc4)cc3)cc2)cc1. The third-order valence-electron chi connectivity index (χ3n) is 23.9. The molecule has 19 aromatic rings. The number of benzene rings is 19. The van der Waals surface area contributed by atoms with Gasteiger partial charge < -0.3 is 24.5 Å². The first-order valence-corrected chi connectivity index (χ1v) is 41.7. The van der Waals surface area contributed by atoms with Crippen LogP contribution in [0.2, 0.25) is 0 Å². The van der Waals surface area contributed by atoms with Gasteiger partial charge >= 0.3 is 0 Å². The number of hydrogen-bond donors (Lipinski definition) is 0. The fraction of sp³-hybridized carbons (Fsp3) is 0.0172. The van der Waals surface area contributed by atoms with E-state index in [0.29, 0.717) is 0 Å². The van der Waals surface area contributed by atoms with E-state index < -0.39 is 0 Å². The first-order chi connectivity index (χ1) is 60.0. The van der Waals surface area contributed by atoms with Crippen molar-refractivity contribution in [1.29, 1.82) is 0 Å². The first-order valence-electron chi connectivity index (χ1n) is 41.7. The zero-order valence-electron chi connectivity index (χ0n) is 66.8. The Hall–Kier alpha value is -15.8. The molecule has 0 atom stereocenters. The van der Waals surface area contributed by atoms with Crippen LogP contribution in [-0.4, -0.2) is 0 Å². The third kappa shape index (κ3) is 14.6. The predicted octanol–water partition coefficient (Wildman–Crippen LogP) is 32.2. The molecule has 2 aliphatic rings. The summed E-state index contributed by atoms with van der Waals surface area (Å²) in [6.07, 6.45) is 1.74. The molecule has 0 aliphatic heterocycles. The highest BCUT2D eigenvalue weighted by Crippen LogP contribution is 2.50. The molecule has 0 aromatic heterocycles. The molecule has 5 heteroatoms. The van der Waals surface area contributed by atoms with Gasteiger partial charge in [-0.25, -0.2) is 0 Å². The Morgan fingerprint density at radius 2 is 0.331 bits per heavy atom. The highest BCUT2D eigenvalue weighted by molar-refractivity contribution is 5.95. The van der Waals surface area contributed by atoms with Gasteiger partial charge in [-0.15, -0.1) is 0 Å². The molecule has 0 unspecified atom stereocenters. The molecule has 0 radical (unpaired) electrons. The van der Waals surface area contributed by atoms with E-state index in [-0.39, 0.29) is 0 Å². The van der Waals surface area contributed by atoms with E-state index >= 15 is 0 Å². The fourth-order valence-corrected chi connectivity index (χ4v) is 17.9. The van der Waals surface area contributed by atoms with Crippen molar-refractivity contribution in [2.24, 2.45) is 0 Å². The van der Waals surface area contributed by atoms with Gasteiger partial charge in [0.25, 0.3) is 0 Å². The lowest BCUT2D eigenvalue weighted by molar-refractivity contribution is 1.22. The molecule has 0 spiro atoms. The summed E-state index contributed by atoms with van der Waals surface area (Å²) in [6.45, 7) is 0. The van der Waals surface area contributed by atoms with Gasteiger partial charge in [0.15, 0.2) is 0 Å². The Morgan fingerprint density at radius 1 is 0.116 bits per heavy atom. The molecule has 5 nitrogen and oxygen atoms in total. The largest absolute Gasteiger partial charge is 0.311 e. The average Bonchev–Trinajstić information content (AvgIpc) is 1.62. The zero-order chi connectivity index (χ0) is 80.4. The summed E-state index contributed by atoms with van der Waals surface area (Å²) in [5.41, 5.74) is 41.0. The lowest BCUT2D eigenvalue weighted by atomic mass is 9.92. The maximum absolute atomic E-state index is 2.46. The van der Waals surface area contributed by atoms with Crippen LogP contribution in [0.3, 0.4) is 0 Å². The number of para-hydroxylation sites is 3. The average molecular weight is 1550 g/mol. The molecule has 0 amide bonds. The predicted molar refractivity (Wildman–Crippen MR) is 509 cm³/mol. The van der Waals surface area contributed by atoms with Crippen LogP contribution in [0.15, 0.2) is 479 Å². The van der Waals surface area contributed by atoms with Crippen LogP contribution >= 0.6 is 0 Å². The van der Waals surface area contributed by atoms with E-state index in [9.17, 15) is 0 Å². The van der Waals surface area contributed by atoms with E-state index in [1.54, 1.807) is 0 Å². The van der Waals surface area contributed by atoms with E-state index in [2.05, 4.69) is 504 Å². The van der Waals surface area contributed by atoms with Gasteiger partial charge in [0.1, 0.15) is 0 Å². The van der Waals surface area contributed by atoms with Gasteiger partial charge in [-0.2, -0.15) is 0 Å². The van der Waals surface area contributed by atoms with Crippen molar-refractivity contribution < 1.29 is 0 Å². The van der Waals surface area contributed by atoms with Gasteiger partial charge in [0, 0.05) is 85.3 Å². The number of rotatable bonds is 21. The summed E-state index contributed by atoms with van der Waals surface area (Å²) < 4.78 is 0. The molecule has 21 rings (SSSR count). The van der Waals surface area contributed by atoms with Crippen molar-refractivity contribution in [1.82, 2.24) is 0 Å². The lowest BCUT2D eigenvalue weighted by Gasteiger charge is -2.29. The van der Waals surface area contributed by atoms with Crippen LogP contribution in [-0.2, 0) is 12.8 Å². The van der Waals surface area contributed by atoms with Crippen molar-refractivity contribution in [2.45, 2.75) is 12.8 Å². The quantitative estimate of drug-likeness (QED) is 0.0711. The van der Waals surface area contributed by atoms with Crippen LogP contribution < -0.4 is 24.5 Å². The van der Waals surface area contributed by atoms with Crippen LogP contribution in [0.5, 0.6) is 0 Å². The van der Waals surface area contributed by atoms with Gasteiger partial charge in [-0.3, -0.25) is 0 Å². The summed E-state index contributed by atoms with van der Waals surface area (Å²) in [6, 6.07) is 175. The Balaban J connectivity index is 0.574. The minimum absolute atomic E-state index is 0.836. The number of fused-ring (bicyclic) bond motifs is 6. The Labute approximate surface area is 708 Å². The molecule has 0 heterocycles. The molecule has 0 saturated heterocycles. The lowest BCUT2D eigenvalue weighted by Crippen LogP contribution is -2.13. The first kappa shape index (κ1) is 72.9. The third-order valence-corrected chi connectivity index (χ3v) is 23.9. The second kappa shape index (κ2) is 32.3. The van der Waals surface area contributed by atoms with Crippen LogP contribution in [0.4, 0.5) is 85.3 Å². The van der Waals surface area contributed by atoms with Crippen LogP contribution in [0, 0.1) is 0 Å². The van der Waals surface area contributed by atoms with Gasteiger partial charge in [0.2, 0.25) is 0 Å². The Kier molecular flexibility index (Phi) is 19.5. The summed E-state index contributed by atoms with van der Waals surface area (Å²) in [7, 11) is 0. The van der Waals surface area contributed by atoms with Crippen molar-refractivity contribution in [3.63, 3.8) is 0 Å². The smallest absolute Gasteiger partial charge is 0.0464 e. The zero-order valence-corrected chi connectivity index (χ0v) is 66.8. The molecule has 0 fully saturated rings. The van der Waals surface area contributed by atoms with Gasteiger partial charge in [-0.05, 0) is 312 Å². The second-order valence-electron chi connectivity index (χ2n) is 31.2. The monoisotopic (exact) mass is 1550 g/mol. The van der Waals surface area contributed by atoms with Crippen molar-refractivity contribution >= 4 is 85.3 Å². The minimum atomic E-state index is 0.836. The standard InChI is InChI=1S/C116H83N5/c1-7-23-82(24-8-1)85-41-53-100(54-42-85)119(101-55-43-86(44-56-101)83-25-9-2-10-26-83)102-59-47-88(48-60-102)89-49-61-105(62-50-89)121(110-73-75-113-95(80-110)78-92-29-19-20-39-112(92)113)111-74-76-115-96(81-111)79-94-32-22-40-114(116(94)115)93-31-21-30-91(77-93)90-51-63-104(64-52-90)120(103-57-45-87(46-58-103)84-27-11-3-12-28-84)109-71-69-108(70-72-109)118(99-37-17-6-18-38-99)107-67-65-106(66-68-107)117(97-33-13-4-14-34-97)98-35-15-5-16-36-98/h1-77,80-81H,78-79H2. The topological polar surface area (TPSA) is 16.2 Å². The number of hydrogen-bond acceptors (Lipinski definition) is 5. The molecule has 0 saturated carbocycles. The molecule has 0 N–H and O–H groups in total. The van der Waals surface area contributed by atoms with E-state index in [0.717, 1.165) is 120 Å². The van der Waals surface area contributed by atoms with Crippen LogP contribution in [0.25, 0.3) is 89.0 Å². The highest BCUT2D eigenvalue weighted by Gasteiger charge is 2.28. The maximum atomic E-state index is 2.46. The van der Waals surface area contributed by atoms with E-state index in [4.69, 9.17) is 0 Å². The van der Waals surface area contributed by atoms with E-state index in [1.807, 2.05) is 0 Å². The normalized spacial score (nSPS) is 11.6. The highest BCUT2D eigenvalue weighted by atomic mass is 15.2. The molecule has 121 heavy (non-hydrogen) atoms. The Bertz CT molecular complexity index is 6730. The molecular formula is C116H83N5. The summed E-state index contributed by atoms with van der Waals surface area (Å²) in [4.78, 5) is 11.8.